The zero-order valence-corrected chi connectivity index (χ0v) is 18.5. The first-order chi connectivity index (χ1) is 15.8. The van der Waals surface area contributed by atoms with Crippen LogP contribution >= 0.6 is 0 Å². The molecule has 0 saturated carbocycles. The number of rotatable bonds is 7. The molecule has 0 radical (unpaired) electrons. The van der Waals surface area contributed by atoms with Gasteiger partial charge in [-0.2, -0.15) is 9.67 Å². The number of hydrogen-bond acceptors (Lipinski definition) is 5. The van der Waals surface area contributed by atoms with Gasteiger partial charge in [-0.25, -0.2) is 9.07 Å². The third kappa shape index (κ3) is 3.91. The fourth-order valence-corrected chi connectivity index (χ4v) is 3.78. The zero-order valence-electron chi connectivity index (χ0n) is 18.5. The number of benzene rings is 1. The molecule has 8 nitrogen and oxygen atoms in total. The van der Waals surface area contributed by atoms with Crippen LogP contribution in [-0.4, -0.2) is 46.8 Å². The van der Waals surface area contributed by atoms with Gasteiger partial charge in [0.05, 0.1) is 24.5 Å². The minimum absolute atomic E-state index is 0.00522. The highest BCUT2D eigenvalue weighted by Crippen LogP contribution is 2.39. The molecule has 4 rings (SSSR count). The van der Waals surface area contributed by atoms with E-state index >= 15 is 0 Å². The van der Waals surface area contributed by atoms with Crippen LogP contribution < -0.4 is 9.67 Å². The van der Waals surface area contributed by atoms with Crippen molar-refractivity contribution in [2.24, 2.45) is 0 Å². The van der Waals surface area contributed by atoms with Crippen LogP contribution in [0.3, 0.4) is 0 Å². The van der Waals surface area contributed by atoms with Crippen molar-refractivity contribution in [1.29, 1.82) is 0 Å². The van der Waals surface area contributed by atoms with E-state index in [2.05, 4.69) is 5.10 Å². The molecule has 3 heterocycles. The largest absolute Gasteiger partial charge is 0.858 e. The molecule has 9 heteroatoms. The normalized spacial score (nSPS) is 14.2. The van der Waals surface area contributed by atoms with Crippen molar-refractivity contribution in [2.75, 3.05) is 20.3 Å². The molecule has 0 atom stereocenters. The van der Waals surface area contributed by atoms with E-state index in [1.54, 1.807) is 30.6 Å². The van der Waals surface area contributed by atoms with Gasteiger partial charge in [0.1, 0.15) is 11.4 Å². The molecule has 0 bridgehead atoms. The van der Waals surface area contributed by atoms with E-state index in [1.165, 1.54) is 35.9 Å². The lowest BCUT2D eigenvalue weighted by atomic mass is 9.98. The molecule has 0 spiro atoms. The van der Waals surface area contributed by atoms with Crippen LogP contribution in [0.15, 0.2) is 54.9 Å². The SMILES string of the molecule is COCCN1C(=O)C(c2c(C(C)C)nn(-c3ccc(F)cc3)c2[O-])=C([n+]2ccccc2)C1=O. The minimum Gasteiger partial charge on any atom is -0.858 e. The number of hydrogen-bond donors (Lipinski definition) is 0. The molecule has 2 aromatic heterocycles. The first-order valence-corrected chi connectivity index (χ1v) is 10.5. The Balaban J connectivity index is 1.97. The van der Waals surface area contributed by atoms with Gasteiger partial charge in [-0.3, -0.25) is 14.5 Å². The lowest BCUT2D eigenvalue weighted by molar-refractivity contribution is -0.576. The van der Waals surface area contributed by atoms with Crippen molar-refractivity contribution in [1.82, 2.24) is 14.7 Å². The van der Waals surface area contributed by atoms with Crippen LogP contribution in [0.4, 0.5) is 4.39 Å². The Labute approximate surface area is 190 Å². The van der Waals surface area contributed by atoms with Gasteiger partial charge in [-0.15, -0.1) is 0 Å². The van der Waals surface area contributed by atoms with E-state index in [-0.39, 0.29) is 35.9 Å². The molecule has 1 aliphatic rings. The van der Waals surface area contributed by atoms with Crippen LogP contribution in [0.5, 0.6) is 5.88 Å². The minimum atomic E-state index is -0.582. The lowest BCUT2D eigenvalue weighted by Crippen LogP contribution is -2.40. The Morgan fingerprint density at radius 1 is 1.09 bits per heavy atom. The number of aromatic nitrogens is 3. The zero-order chi connectivity index (χ0) is 23.7. The molecule has 3 aromatic rings. The maximum absolute atomic E-state index is 13.6. The summed E-state index contributed by atoms with van der Waals surface area (Å²) >= 11 is 0. The van der Waals surface area contributed by atoms with Gasteiger partial charge in [0.15, 0.2) is 12.4 Å². The van der Waals surface area contributed by atoms with Crippen molar-refractivity contribution >= 4 is 23.1 Å². The molecule has 0 unspecified atom stereocenters. The number of carbonyl (C=O) groups is 2. The van der Waals surface area contributed by atoms with E-state index in [0.29, 0.717) is 11.4 Å². The monoisotopic (exact) mass is 450 g/mol. The number of halogens is 1. The average Bonchev–Trinajstić information content (AvgIpc) is 3.27. The second kappa shape index (κ2) is 8.95. The van der Waals surface area contributed by atoms with Gasteiger partial charge >= 0.3 is 5.91 Å². The molecule has 2 amide bonds. The Morgan fingerprint density at radius 3 is 2.36 bits per heavy atom. The fraction of sp³-hybridized carbons (Fsp3) is 0.250. The summed E-state index contributed by atoms with van der Waals surface area (Å²) in [5.74, 6) is -2.32. The van der Waals surface area contributed by atoms with Crippen molar-refractivity contribution in [3.05, 3.63) is 71.9 Å². The van der Waals surface area contributed by atoms with E-state index < -0.39 is 23.5 Å². The summed E-state index contributed by atoms with van der Waals surface area (Å²) in [7, 11) is 1.48. The molecule has 33 heavy (non-hydrogen) atoms. The third-order valence-electron chi connectivity index (χ3n) is 5.37. The van der Waals surface area contributed by atoms with E-state index in [1.807, 2.05) is 13.8 Å². The summed E-state index contributed by atoms with van der Waals surface area (Å²) in [5.41, 5.74) is 0.878. The number of ether oxygens (including phenoxy) is 1. The number of carbonyl (C=O) groups excluding carboxylic acids is 2. The number of methoxy groups -OCH3 is 1. The molecule has 170 valence electrons. The number of amides is 2. The van der Waals surface area contributed by atoms with Crippen molar-refractivity contribution < 1.29 is 28.4 Å². The second-order valence-electron chi connectivity index (χ2n) is 7.87. The highest BCUT2D eigenvalue weighted by atomic mass is 19.1. The predicted octanol–water partition coefficient (Wildman–Crippen LogP) is 1.88. The molecule has 1 aromatic carbocycles. The van der Waals surface area contributed by atoms with Gasteiger partial charge in [-0.1, -0.05) is 19.9 Å². The van der Waals surface area contributed by atoms with Gasteiger partial charge < -0.3 is 9.84 Å². The fourth-order valence-electron chi connectivity index (χ4n) is 3.78. The highest BCUT2D eigenvalue weighted by Gasteiger charge is 2.46. The Bertz CT molecular complexity index is 1230. The Kier molecular flexibility index (Phi) is 6.06. The van der Waals surface area contributed by atoms with Gasteiger partial charge in [0, 0.05) is 24.8 Å². The third-order valence-corrected chi connectivity index (χ3v) is 5.37. The topological polar surface area (TPSA) is 91.4 Å². The highest BCUT2D eigenvalue weighted by molar-refractivity contribution is 6.44. The summed E-state index contributed by atoms with van der Waals surface area (Å²) in [6, 6.07) is 10.6. The first-order valence-electron chi connectivity index (χ1n) is 10.5. The number of pyridine rings is 1. The van der Waals surface area contributed by atoms with Gasteiger partial charge in [0.2, 0.25) is 0 Å². The first kappa shape index (κ1) is 22.3. The smallest absolute Gasteiger partial charge is 0.326 e. The van der Waals surface area contributed by atoms with Crippen molar-refractivity contribution in [2.45, 2.75) is 19.8 Å². The second-order valence-corrected chi connectivity index (χ2v) is 7.87. The molecule has 0 fully saturated rings. The van der Waals surface area contributed by atoms with E-state index in [4.69, 9.17) is 4.74 Å². The summed E-state index contributed by atoms with van der Waals surface area (Å²) < 4.78 is 21.2. The van der Waals surface area contributed by atoms with Crippen LogP contribution in [0.2, 0.25) is 0 Å². The summed E-state index contributed by atoms with van der Waals surface area (Å²) in [6.45, 7) is 3.90. The molecule has 0 N–H and O–H groups in total. The van der Waals surface area contributed by atoms with Crippen LogP contribution in [0, 0.1) is 5.82 Å². The molecule has 0 saturated heterocycles. The standard InChI is InChI=1S/C24H23FN4O4/c1-15(2)20-18(23(31)29(26-20)17-9-7-16(25)8-10-17)19-21(27-11-5-4-6-12-27)24(32)28(22(19)30)13-14-33-3/h4-12,15H,13-14H2,1-3H3. The molecular formula is C24H23FN4O4. The van der Waals surface area contributed by atoms with Crippen LogP contribution in [0.1, 0.15) is 31.0 Å². The van der Waals surface area contributed by atoms with E-state index in [9.17, 15) is 19.1 Å². The Morgan fingerprint density at radius 2 is 1.76 bits per heavy atom. The van der Waals surface area contributed by atoms with E-state index in [0.717, 1.165) is 9.58 Å². The quantitative estimate of drug-likeness (QED) is 0.405. The number of imide groups is 1. The van der Waals surface area contributed by atoms with Crippen molar-refractivity contribution in [3.63, 3.8) is 0 Å². The summed E-state index contributed by atoms with van der Waals surface area (Å²) in [4.78, 5) is 27.9. The Hall–Kier alpha value is -3.85. The summed E-state index contributed by atoms with van der Waals surface area (Å²) in [6.07, 6.45) is 3.29. The van der Waals surface area contributed by atoms with Gasteiger partial charge in [-0.05, 0) is 36.1 Å². The molecular weight excluding hydrogens is 427 g/mol. The lowest BCUT2D eigenvalue weighted by Gasteiger charge is -2.15. The summed E-state index contributed by atoms with van der Waals surface area (Å²) in [5, 5.41) is 18.0. The molecule has 0 aliphatic carbocycles. The predicted molar refractivity (Wildman–Crippen MR) is 115 cm³/mol. The van der Waals surface area contributed by atoms with Gasteiger partial charge in [0.25, 0.3) is 11.6 Å². The maximum atomic E-state index is 13.6. The van der Waals surface area contributed by atoms with Crippen LogP contribution in [0.25, 0.3) is 17.0 Å². The van der Waals surface area contributed by atoms with Crippen LogP contribution in [-0.2, 0) is 14.3 Å². The van der Waals surface area contributed by atoms with Crippen molar-refractivity contribution in [3.8, 4) is 11.6 Å². The molecule has 1 aliphatic heterocycles. The number of nitrogens with zero attached hydrogens (tertiary/aromatic N) is 4. The maximum Gasteiger partial charge on any atom is 0.326 e. The average molecular weight is 450 g/mol.